The van der Waals surface area contributed by atoms with E-state index >= 15 is 0 Å². The number of piperidine rings is 2. The first-order valence-electron chi connectivity index (χ1n) is 11.7. The minimum absolute atomic E-state index is 0.163. The van der Waals surface area contributed by atoms with Gasteiger partial charge in [0.1, 0.15) is 5.78 Å². The van der Waals surface area contributed by atoms with Gasteiger partial charge < -0.3 is 4.90 Å². The molecule has 0 radical (unpaired) electrons. The average Bonchev–Trinajstić information content (AvgIpc) is 2.61. The molecule has 27 heavy (non-hydrogen) atoms. The molecule has 3 heteroatoms. The lowest BCUT2D eigenvalue weighted by atomic mass is 9.81. The molecule has 0 aromatic heterocycles. The number of carbonyl (C=O) groups is 1. The van der Waals surface area contributed by atoms with E-state index in [2.05, 4.69) is 51.3 Å². The van der Waals surface area contributed by atoms with Gasteiger partial charge in [-0.05, 0) is 88.4 Å². The van der Waals surface area contributed by atoms with Crippen molar-refractivity contribution in [3.05, 3.63) is 0 Å². The number of rotatable bonds is 8. The van der Waals surface area contributed by atoms with Crippen molar-refractivity contribution in [2.45, 2.75) is 80.2 Å². The van der Waals surface area contributed by atoms with Crippen LogP contribution in [0.3, 0.4) is 0 Å². The van der Waals surface area contributed by atoms with Crippen LogP contribution in [0, 0.1) is 35.5 Å². The molecule has 0 N–H and O–H groups in total. The minimum Gasteiger partial charge on any atom is -0.303 e. The molecule has 3 nitrogen and oxygen atoms in total. The highest BCUT2D eigenvalue weighted by molar-refractivity contribution is 5.79. The van der Waals surface area contributed by atoms with Gasteiger partial charge in [-0.25, -0.2) is 0 Å². The Hall–Kier alpha value is -0.410. The lowest BCUT2D eigenvalue weighted by molar-refractivity contribution is -0.125. The predicted octanol–water partition coefficient (Wildman–Crippen LogP) is 4.95. The molecule has 158 valence electrons. The molecular formula is C24H46N2O. The lowest BCUT2D eigenvalue weighted by Gasteiger charge is -2.45. The summed E-state index contributed by atoms with van der Waals surface area (Å²) in [5.74, 6) is 4.40. The maximum Gasteiger partial charge on any atom is 0.135 e. The van der Waals surface area contributed by atoms with E-state index in [1.807, 2.05) is 6.92 Å². The summed E-state index contributed by atoms with van der Waals surface area (Å²) in [6.07, 6.45) is 5.19. The maximum atomic E-state index is 12.7. The Morgan fingerprint density at radius 1 is 0.815 bits per heavy atom. The highest BCUT2D eigenvalue weighted by Crippen LogP contribution is 2.31. The first kappa shape index (κ1) is 22.9. The summed E-state index contributed by atoms with van der Waals surface area (Å²) in [5.41, 5.74) is 0. The Kier molecular flexibility index (Phi) is 8.80. The second-order valence-corrected chi connectivity index (χ2v) is 10.5. The van der Waals surface area contributed by atoms with E-state index in [0.29, 0.717) is 17.7 Å². The third-order valence-electron chi connectivity index (χ3n) is 7.59. The van der Waals surface area contributed by atoms with E-state index in [4.69, 9.17) is 0 Å². The lowest BCUT2D eigenvalue weighted by Crippen LogP contribution is -2.53. The fourth-order valence-electron chi connectivity index (χ4n) is 5.58. The van der Waals surface area contributed by atoms with E-state index in [-0.39, 0.29) is 5.92 Å². The zero-order valence-corrected chi connectivity index (χ0v) is 19.2. The fraction of sp³-hybridized carbons (Fsp3) is 0.958. The SMILES string of the molecule is CC(=O)C(CN1CCC(C(C)C)CC1)C(C(C)C)N1CCC(C(C)C)CC1. The quantitative estimate of drug-likeness (QED) is 0.597. The molecule has 0 aliphatic carbocycles. The van der Waals surface area contributed by atoms with Crippen molar-refractivity contribution < 1.29 is 4.79 Å². The average molecular weight is 379 g/mol. The molecule has 0 amide bonds. The summed E-state index contributed by atoms with van der Waals surface area (Å²) in [4.78, 5) is 17.9. The van der Waals surface area contributed by atoms with Crippen LogP contribution in [-0.2, 0) is 4.79 Å². The first-order valence-corrected chi connectivity index (χ1v) is 11.7. The molecule has 2 saturated heterocycles. The number of ketones is 1. The van der Waals surface area contributed by atoms with Crippen molar-refractivity contribution in [1.29, 1.82) is 0 Å². The topological polar surface area (TPSA) is 23.6 Å². The van der Waals surface area contributed by atoms with Crippen LogP contribution in [0.2, 0.25) is 0 Å². The molecule has 2 heterocycles. The van der Waals surface area contributed by atoms with Crippen LogP contribution in [0.15, 0.2) is 0 Å². The van der Waals surface area contributed by atoms with Gasteiger partial charge in [0.2, 0.25) is 0 Å². The number of hydrogen-bond donors (Lipinski definition) is 0. The zero-order valence-electron chi connectivity index (χ0n) is 19.2. The summed E-state index contributed by atoms with van der Waals surface area (Å²) < 4.78 is 0. The third kappa shape index (κ3) is 6.29. The molecule has 2 aliphatic rings. The molecule has 0 saturated carbocycles. The molecule has 0 bridgehead atoms. The van der Waals surface area contributed by atoms with Gasteiger partial charge in [0.05, 0.1) is 0 Å². The summed E-state index contributed by atoms with van der Waals surface area (Å²) in [7, 11) is 0. The van der Waals surface area contributed by atoms with Gasteiger partial charge in [0, 0.05) is 18.5 Å². The van der Waals surface area contributed by atoms with Crippen LogP contribution < -0.4 is 0 Å². The second-order valence-electron chi connectivity index (χ2n) is 10.5. The van der Waals surface area contributed by atoms with E-state index in [1.54, 1.807) is 0 Å². The normalized spacial score (nSPS) is 24.1. The molecular weight excluding hydrogens is 332 g/mol. The van der Waals surface area contributed by atoms with Gasteiger partial charge in [-0.2, -0.15) is 0 Å². The fourth-order valence-corrected chi connectivity index (χ4v) is 5.58. The summed E-state index contributed by atoms with van der Waals surface area (Å²) >= 11 is 0. The Bertz CT molecular complexity index is 443. The van der Waals surface area contributed by atoms with Crippen LogP contribution in [0.4, 0.5) is 0 Å². The smallest absolute Gasteiger partial charge is 0.135 e. The van der Waals surface area contributed by atoms with Crippen molar-refractivity contribution in [3.8, 4) is 0 Å². The number of Topliss-reactive ketones (excluding diaryl/α,β-unsaturated/α-hetero) is 1. The van der Waals surface area contributed by atoms with Crippen molar-refractivity contribution in [2.24, 2.45) is 35.5 Å². The van der Waals surface area contributed by atoms with Gasteiger partial charge in [-0.15, -0.1) is 0 Å². The van der Waals surface area contributed by atoms with Crippen LogP contribution >= 0.6 is 0 Å². The Labute approximate surface area is 169 Å². The molecule has 2 atom stereocenters. The van der Waals surface area contributed by atoms with Gasteiger partial charge in [-0.1, -0.05) is 41.5 Å². The van der Waals surface area contributed by atoms with E-state index in [1.165, 1.54) is 51.9 Å². The molecule has 0 spiro atoms. The predicted molar refractivity (Wildman–Crippen MR) is 116 cm³/mol. The summed E-state index contributed by atoms with van der Waals surface area (Å²) in [6.45, 7) is 21.6. The monoisotopic (exact) mass is 378 g/mol. The van der Waals surface area contributed by atoms with Gasteiger partial charge >= 0.3 is 0 Å². The first-order chi connectivity index (χ1) is 12.7. The van der Waals surface area contributed by atoms with Gasteiger partial charge in [-0.3, -0.25) is 9.69 Å². The van der Waals surface area contributed by atoms with E-state index in [9.17, 15) is 4.79 Å². The molecule has 2 unspecified atom stereocenters. The molecule has 0 aromatic rings. The number of hydrogen-bond acceptors (Lipinski definition) is 3. The number of likely N-dealkylation sites (tertiary alicyclic amines) is 2. The van der Waals surface area contributed by atoms with Crippen molar-refractivity contribution in [3.63, 3.8) is 0 Å². The summed E-state index contributed by atoms with van der Waals surface area (Å²) in [6, 6.07) is 0.401. The third-order valence-corrected chi connectivity index (χ3v) is 7.59. The highest BCUT2D eigenvalue weighted by Gasteiger charge is 2.37. The van der Waals surface area contributed by atoms with Gasteiger partial charge in [0.15, 0.2) is 0 Å². The van der Waals surface area contributed by atoms with Crippen LogP contribution in [0.1, 0.15) is 74.1 Å². The van der Waals surface area contributed by atoms with Crippen LogP contribution in [0.25, 0.3) is 0 Å². The van der Waals surface area contributed by atoms with Crippen LogP contribution in [-0.4, -0.2) is 54.3 Å². The number of carbonyl (C=O) groups excluding carboxylic acids is 1. The Balaban J connectivity index is 2.00. The van der Waals surface area contributed by atoms with Crippen LogP contribution in [0.5, 0.6) is 0 Å². The molecule has 2 rings (SSSR count). The Morgan fingerprint density at radius 2 is 1.26 bits per heavy atom. The highest BCUT2D eigenvalue weighted by atomic mass is 16.1. The zero-order chi connectivity index (χ0) is 20.1. The van der Waals surface area contributed by atoms with Crippen molar-refractivity contribution in [2.75, 3.05) is 32.7 Å². The minimum atomic E-state index is 0.163. The Morgan fingerprint density at radius 3 is 1.63 bits per heavy atom. The maximum absolute atomic E-state index is 12.7. The second kappa shape index (κ2) is 10.4. The molecule has 2 aliphatic heterocycles. The summed E-state index contributed by atoms with van der Waals surface area (Å²) in [5, 5.41) is 0. The molecule has 0 aromatic carbocycles. The van der Waals surface area contributed by atoms with E-state index < -0.39 is 0 Å². The van der Waals surface area contributed by atoms with Crippen molar-refractivity contribution >= 4 is 5.78 Å². The molecule has 2 fully saturated rings. The standard InChI is InChI=1S/C24H46N2O/c1-17(2)21-8-12-25(13-9-21)16-23(20(7)27)24(19(5)6)26-14-10-22(11-15-26)18(3)4/h17-19,21-24H,8-16H2,1-7H3. The number of nitrogens with zero attached hydrogens (tertiary/aromatic N) is 2. The van der Waals surface area contributed by atoms with Crippen molar-refractivity contribution in [1.82, 2.24) is 9.80 Å². The van der Waals surface area contributed by atoms with E-state index in [0.717, 1.165) is 30.2 Å². The van der Waals surface area contributed by atoms with Gasteiger partial charge in [0.25, 0.3) is 0 Å². The largest absolute Gasteiger partial charge is 0.303 e.